The second-order valence-electron chi connectivity index (χ2n) is 6.15. The number of nitrogens with one attached hydrogen (secondary N) is 1. The molecule has 2 unspecified atom stereocenters. The molecule has 0 bridgehead atoms. The zero-order chi connectivity index (χ0) is 22.2. The second kappa shape index (κ2) is 9.32. The van der Waals surface area contributed by atoms with Gasteiger partial charge in [-0.15, -0.1) is 35.5 Å². The highest BCUT2D eigenvalue weighted by atomic mass is 35.5. The van der Waals surface area contributed by atoms with E-state index in [0.717, 1.165) is 16.2 Å². The fourth-order valence-electron chi connectivity index (χ4n) is 2.71. The number of hydrogen-bond donors (Lipinski definition) is 3. The Bertz CT molecular complexity index is 954. The molecule has 10 nitrogen and oxygen atoms in total. The molecule has 16 heteroatoms. The van der Waals surface area contributed by atoms with Gasteiger partial charge in [-0.2, -0.15) is 13.2 Å². The Kier molecular flexibility index (Phi) is 7.44. The van der Waals surface area contributed by atoms with Crippen molar-refractivity contribution in [1.29, 1.82) is 0 Å². The van der Waals surface area contributed by atoms with E-state index in [0.29, 0.717) is 0 Å². The fraction of sp³-hybridized carbons (Fsp3) is 0.400. The molecule has 1 saturated heterocycles. The topological polar surface area (TPSA) is 147 Å². The molecule has 170 valence electrons. The number of anilines is 1. The Balaban J connectivity index is 0.00000341. The maximum atomic E-state index is 12.6. The summed E-state index contributed by atoms with van der Waals surface area (Å²) in [4.78, 5) is 45.4. The van der Waals surface area contributed by atoms with Crippen LogP contribution in [0.1, 0.15) is 12.6 Å². The SMILES string of the molecule is CC1C=C(C(=O)O)N2C(=O)C(NC(=O)C(=NOCC(F)(F)F)c3csc(N)n3)[C@H]2S1.Cl. The zero-order valence-electron chi connectivity index (χ0n) is 15.5. The zero-order valence-corrected chi connectivity index (χ0v) is 17.9. The van der Waals surface area contributed by atoms with Crippen LogP contribution in [-0.4, -0.2) is 67.9 Å². The number of nitrogens with zero attached hydrogens (tertiary/aromatic N) is 3. The van der Waals surface area contributed by atoms with Gasteiger partial charge in [0.1, 0.15) is 22.8 Å². The number of rotatable bonds is 6. The first-order valence-electron chi connectivity index (χ1n) is 8.20. The highest BCUT2D eigenvalue weighted by Crippen LogP contribution is 2.40. The third kappa shape index (κ3) is 5.40. The van der Waals surface area contributed by atoms with Gasteiger partial charge < -0.3 is 21.0 Å². The molecule has 0 aliphatic carbocycles. The van der Waals surface area contributed by atoms with Crippen molar-refractivity contribution in [2.45, 2.75) is 29.8 Å². The number of carboxylic acid groups (broad SMARTS) is 1. The number of thiazole rings is 1. The van der Waals surface area contributed by atoms with Crippen molar-refractivity contribution < 1.29 is 37.5 Å². The number of hydrogen-bond acceptors (Lipinski definition) is 9. The molecule has 3 rings (SSSR count). The Labute approximate surface area is 187 Å². The molecule has 4 N–H and O–H groups in total. The number of halogens is 4. The molecule has 0 spiro atoms. The van der Waals surface area contributed by atoms with Crippen LogP contribution in [0.5, 0.6) is 0 Å². The molecular formula is C15H15ClF3N5O5S2. The number of β-lactam (4-membered cyclic amide) rings is 1. The van der Waals surface area contributed by atoms with E-state index in [4.69, 9.17) is 5.73 Å². The third-order valence-electron chi connectivity index (χ3n) is 3.92. The molecule has 0 aromatic carbocycles. The third-order valence-corrected chi connectivity index (χ3v) is 5.92. The molecule has 1 fully saturated rings. The molecular weight excluding hydrogens is 487 g/mol. The molecule has 3 atom stereocenters. The molecule has 0 saturated carbocycles. The molecule has 2 aliphatic heterocycles. The highest BCUT2D eigenvalue weighted by molar-refractivity contribution is 8.00. The van der Waals surface area contributed by atoms with Gasteiger partial charge in [0.15, 0.2) is 10.8 Å². The molecule has 2 amide bonds. The van der Waals surface area contributed by atoms with Crippen molar-refractivity contribution in [2.24, 2.45) is 5.16 Å². The molecule has 0 radical (unpaired) electrons. The number of aromatic nitrogens is 1. The lowest BCUT2D eigenvalue weighted by molar-refractivity contribution is -0.174. The number of nitrogen functional groups attached to an aromatic ring is 1. The number of carbonyl (C=O) groups is 3. The highest BCUT2D eigenvalue weighted by Gasteiger charge is 2.54. The first-order chi connectivity index (χ1) is 14.0. The number of carbonyl (C=O) groups excluding carboxylic acids is 2. The Morgan fingerprint density at radius 2 is 2.13 bits per heavy atom. The first kappa shape index (κ1) is 24.7. The average molecular weight is 502 g/mol. The lowest BCUT2D eigenvalue weighted by Gasteiger charge is -2.49. The van der Waals surface area contributed by atoms with Gasteiger partial charge in [-0.05, 0) is 13.0 Å². The number of amides is 2. The summed E-state index contributed by atoms with van der Waals surface area (Å²) in [7, 11) is 0. The van der Waals surface area contributed by atoms with E-state index in [1.54, 1.807) is 6.92 Å². The smallest absolute Gasteiger partial charge is 0.425 e. The van der Waals surface area contributed by atoms with Crippen molar-refractivity contribution in [1.82, 2.24) is 15.2 Å². The normalized spacial score (nSPS) is 23.2. The van der Waals surface area contributed by atoms with Crippen molar-refractivity contribution >= 4 is 64.1 Å². The Morgan fingerprint density at radius 1 is 1.45 bits per heavy atom. The molecule has 1 aromatic heterocycles. The summed E-state index contributed by atoms with van der Waals surface area (Å²) in [5.74, 6) is -2.97. The fourth-order valence-corrected chi connectivity index (χ4v) is 4.58. The van der Waals surface area contributed by atoms with Gasteiger partial charge in [0.25, 0.3) is 11.8 Å². The maximum absolute atomic E-state index is 12.6. The lowest BCUT2D eigenvalue weighted by Crippen LogP contribution is -2.71. The minimum Gasteiger partial charge on any atom is -0.477 e. The molecule has 3 heterocycles. The van der Waals surface area contributed by atoms with E-state index in [1.807, 2.05) is 0 Å². The Morgan fingerprint density at radius 3 is 2.68 bits per heavy atom. The van der Waals surface area contributed by atoms with Crippen LogP contribution in [-0.2, 0) is 19.2 Å². The second-order valence-corrected chi connectivity index (χ2v) is 8.54. The van der Waals surface area contributed by atoms with Gasteiger partial charge in [0.05, 0.1) is 0 Å². The predicted octanol–water partition coefficient (Wildman–Crippen LogP) is 1.19. The van der Waals surface area contributed by atoms with Crippen LogP contribution < -0.4 is 11.1 Å². The monoisotopic (exact) mass is 501 g/mol. The van der Waals surface area contributed by atoms with Crippen LogP contribution in [0.4, 0.5) is 18.3 Å². The number of nitrogens with two attached hydrogens (primary N) is 1. The van der Waals surface area contributed by atoms with E-state index < -0.39 is 47.7 Å². The maximum Gasteiger partial charge on any atom is 0.425 e. The predicted molar refractivity (Wildman–Crippen MR) is 108 cm³/mol. The number of alkyl halides is 3. The summed E-state index contributed by atoms with van der Waals surface area (Å²) in [5, 5.41) is 15.3. The van der Waals surface area contributed by atoms with Crippen LogP contribution in [0, 0.1) is 0 Å². The van der Waals surface area contributed by atoms with Crippen molar-refractivity contribution in [3.63, 3.8) is 0 Å². The van der Waals surface area contributed by atoms with E-state index in [2.05, 4.69) is 20.3 Å². The van der Waals surface area contributed by atoms with Crippen LogP contribution in [0.2, 0.25) is 0 Å². The van der Waals surface area contributed by atoms with Gasteiger partial charge in [-0.3, -0.25) is 14.5 Å². The minimum atomic E-state index is -4.68. The van der Waals surface area contributed by atoms with Crippen LogP contribution >= 0.6 is 35.5 Å². The van der Waals surface area contributed by atoms with E-state index >= 15 is 0 Å². The van der Waals surface area contributed by atoms with E-state index in [-0.39, 0.29) is 34.2 Å². The quantitative estimate of drug-likeness (QED) is 0.299. The van der Waals surface area contributed by atoms with Gasteiger partial charge >= 0.3 is 12.1 Å². The van der Waals surface area contributed by atoms with E-state index in [1.165, 1.54) is 23.2 Å². The van der Waals surface area contributed by atoms with Gasteiger partial charge in [-0.1, -0.05) is 5.16 Å². The summed E-state index contributed by atoms with van der Waals surface area (Å²) in [5.41, 5.74) is 4.57. The number of carboxylic acids is 1. The van der Waals surface area contributed by atoms with Crippen LogP contribution in [0.3, 0.4) is 0 Å². The van der Waals surface area contributed by atoms with Crippen molar-refractivity contribution in [3.05, 3.63) is 22.8 Å². The summed E-state index contributed by atoms with van der Waals surface area (Å²) in [6.45, 7) is -0.00909. The van der Waals surface area contributed by atoms with Crippen LogP contribution in [0.25, 0.3) is 0 Å². The average Bonchev–Trinajstić information content (AvgIpc) is 3.07. The first-order valence-corrected chi connectivity index (χ1v) is 10.0. The summed E-state index contributed by atoms with van der Waals surface area (Å²) in [6.07, 6.45) is -3.26. The lowest BCUT2D eigenvalue weighted by atomic mass is 10.0. The molecule has 1 aromatic rings. The summed E-state index contributed by atoms with van der Waals surface area (Å²) < 4.78 is 37.0. The molecule has 31 heavy (non-hydrogen) atoms. The number of oxime groups is 1. The van der Waals surface area contributed by atoms with Gasteiger partial charge in [-0.25, -0.2) is 9.78 Å². The Hall–Kier alpha value is -2.52. The van der Waals surface area contributed by atoms with E-state index in [9.17, 15) is 32.7 Å². The van der Waals surface area contributed by atoms with Crippen molar-refractivity contribution in [2.75, 3.05) is 12.3 Å². The summed E-state index contributed by atoms with van der Waals surface area (Å²) in [6, 6.07) is -1.10. The number of aliphatic carboxylic acids is 1. The number of fused-ring (bicyclic) bond motifs is 1. The summed E-state index contributed by atoms with van der Waals surface area (Å²) >= 11 is 2.17. The van der Waals surface area contributed by atoms with Crippen LogP contribution in [0.15, 0.2) is 22.3 Å². The van der Waals surface area contributed by atoms with Crippen molar-refractivity contribution in [3.8, 4) is 0 Å². The van der Waals surface area contributed by atoms with Gasteiger partial charge in [0.2, 0.25) is 6.61 Å². The molecule has 2 aliphatic rings. The minimum absolute atomic E-state index is 0. The number of thioether (sulfide) groups is 1. The standard InChI is InChI=1S/C15H14F3N5O5S2.ClH/c1-5-2-7(13(26)27)23-11(25)9(12(23)30-5)21-10(24)8(6-3-29-14(19)20-6)22-28-4-15(16,17)18;/h2-3,5,9,12H,4H2,1H3,(H2,19,20)(H,21,24)(H,26,27);1H/t5?,9?,12-;/m1./s1. The van der Waals surface area contributed by atoms with Gasteiger partial charge in [0, 0.05) is 10.6 Å². The largest absolute Gasteiger partial charge is 0.477 e.